The minimum Gasteiger partial charge on any atom is -0.383 e. The lowest BCUT2D eigenvalue weighted by Crippen LogP contribution is -2.49. The van der Waals surface area contributed by atoms with Crippen molar-refractivity contribution in [2.24, 2.45) is 10.7 Å². The Labute approximate surface area is 812 Å². The molecule has 3 saturated heterocycles. The van der Waals surface area contributed by atoms with E-state index in [1.807, 2.05) is 97.1 Å². The van der Waals surface area contributed by atoms with Crippen LogP contribution in [0.4, 0.5) is 31.5 Å². The number of nitrogens with two attached hydrogens (primary N) is 1. The quantitative estimate of drug-likeness (QED) is 0.0292. The first-order valence-corrected chi connectivity index (χ1v) is 48.9. The smallest absolute Gasteiger partial charge is 0.267 e. The number of halogens is 8. The fourth-order valence-electron chi connectivity index (χ4n) is 19.1. The maximum Gasteiger partial charge on any atom is 0.267 e. The zero-order chi connectivity index (χ0) is 93.9. The molecule has 2 aliphatic carbocycles. The summed E-state index contributed by atoms with van der Waals surface area (Å²) in [6.45, 7) is 5.29. The molecule has 0 spiro atoms. The summed E-state index contributed by atoms with van der Waals surface area (Å²) >= 11 is 36.3. The number of amidine groups is 1. The Kier molecular flexibility index (Phi) is 32.8. The van der Waals surface area contributed by atoms with Gasteiger partial charge in [-0.3, -0.25) is 19.3 Å². The predicted octanol–water partition coefficient (Wildman–Crippen LogP) is 25.2. The van der Waals surface area contributed by atoms with Crippen LogP contribution in [-0.4, -0.2) is 115 Å². The van der Waals surface area contributed by atoms with E-state index in [0.717, 1.165) is 102 Å². The summed E-state index contributed by atoms with van der Waals surface area (Å²) in [5, 5.41) is 28.9. The number of hydrogen-bond acceptors (Lipinski definition) is 13. The molecule has 4 heterocycles. The third kappa shape index (κ3) is 25.0. The molecule has 0 bridgehead atoms. The van der Waals surface area contributed by atoms with Gasteiger partial charge in [0.05, 0.1) is 55.1 Å². The number of hydrogen-bond donors (Lipinski definition) is 4. The first-order valence-electron chi connectivity index (χ1n) is 45.2. The molecule has 5 fully saturated rings. The molecule has 2 saturated carbocycles. The highest BCUT2D eigenvalue weighted by molar-refractivity contribution is 7.90. The van der Waals surface area contributed by atoms with E-state index in [4.69, 9.17) is 84.8 Å². The predicted molar refractivity (Wildman–Crippen MR) is 532 cm³/mol. The monoisotopic (exact) mass is 1930 g/mol. The second-order valence-electron chi connectivity index (χ2n) is 34.9. The van der Waals surface area contributed by atoms with Crippen LogP contribution in [0.3, 0.4) is 0 Å². The molecule has 17 rings (SSSR count). The van der Waals surface area contributed by atoms with Crippen molar-refractivity contribution in [3.8, 4) is 45.5 Å². The second kappa shape index (κ2) is 45.0. The summed E-state index contributed by atoms with van der Waals surface area (Å²) in [5.74, 6) is -1.41. The summed E-state index contributed by atoms with van der Waals surface area (Å²) < 4.78 is 68.4. The summed E-state index contributed by atoms with van der Waals surface area (Å²) in [6, 6.07) is 83.9. The lowest BCUT2D eigenvalue weighted by molar-refractivity contribution is -0.136. The number of nitrogens with zero attached hydrogens (tertiary/aromatic N) is 7. The lowest BCUT2D eigenvalue weighted by Gasteiger charge is -2.45. The summed E-state index contributed by atoms with van der Waals surface area (Å²) in [4.78, 5) is 51.2. The number of anilines is 3. The standard InChI is InChI=1S/C38H38Cl2F2N4O.C37H32Cl2N4O4S.C32H33Cl2N3O2/c39-32-23-29(12-14-34(32)41)44-36(47)16-17-38(18-20-46(21-19-38)31-6-1-2-7-31)28-10-8-25(9-11-28)26-4-3-5-27(22-26)37(43)45-30-13-15-35(42)33(40)24-30;38-31-21-32(39)23-33(22-31)41-36(44)26-47-37(30-13-11-28(12-14-30)29-7-4-6-27(20-29)24-40)15-18-42(19-16-37)25-34-8-5-17-43(34)48(45,46)35-9-2-1-3-10-35;33-27-18-28(34)20-29(19-27)36-31(38)22-39-32(13-15-37(16-14-32)30-7-2-1-3-8-30)26-11-9-24(10-12-26)25-6-4-5-23(17-25)21-35/h3-5,8-15,22-24,31H,1-2,6-7,16-21H2,(H2,43,45)(H,44,47);1-14,17,20-23H,15-16,18-19,25-26H2,(H,41,44);4-6,9-12,17-20,30H,1-3,7-8,13-16,22H2,(H,36,38). The number of likely N-dealkylation sites (tertiary alicyclic amines) is 3. The lowest BCUT2D eigenvalue weighted by atomic mass is 9.69. The third-order valence-electron chi connectivity index (χ3n) is 26.3. The fourth-order valence-corrected chi connectivity index (χ4v) is 21.9. The van der Waals surface area contributed by atoms with E-state index in [0.29, 0.717) is 123 Å². The second-order valence-corrected chi connectivity index (χ2v) is 39.3. The molecule has 18 nitrogen and oxygen atoms in total. The zero-order valence-electron chi connectivity index (χ0n) is 73.9. The van der Waals surface area contributed by atoms with Crippen LogP contribution in [0.2, 0.25) is 30.1 Å². The molecule has 690 valence electrons. The number of benzene rings is 11. The van der Waals surface area contributed by atoms with Gasteiger partial charge in [-0.25, -0.2) is 26.2 Å². The minimum atomic E-state index is -3.74. The van der Waals surface area contributed by atoms with Crippen LogP contribution in [0.5, 0.6) is 0 Å². The molecule has 0 unspecified atom stereocenters. The van der Waals surface area contributed by atoms with Crippen LogP contribution in [-0.2, 0) is 57.0 Å². The van der Waals surface area contributed by atoms with Gasteiger partial charge in [0.2, 0.25) is 17.7 Å². The van der Waals surface area contributed by atoms with Gasteiger partial charge in [-0.15, -0.1) is 0 Å². The van der Waals surface area contributed by atoms with Gasteiger partial charge in [-0.1, -0.05) is 235 Å². The topological polar surface area (TPSA) is 241 Å². The van der Waals surface area contributed by atoms with Crippen LogP contribution in [0, 0.1) is 34.3 Å². The Morgan fingerprint density at radius 1 is 0.448 bits per heavy atom. The number of rotatable bonds is 26. The molecule has 11 aromatic carbocycles. The highest BCUT2D eigenvalue weighted by Crippen LogP contribution is 2.46. The van der Waals surface area contributed by atoms with Crippen LogP contribution < -0.4 is 21.7 Å². The SMILES string of the molecule is N#Cc1cccc(-c2ccc(C3(OCC(=O)Nc4cc(Cl)cc(Cl)c4)CCN(C4CCCCC4)CC3)cc2)c1.N#Cc1cccc(-c2ccc(C3(OCC(=O)Nc4cc(Cl)cc(Cl)c4)CCN(Cc4cccn4S(=O)(=O)c4ccccc4)CC3)cc2)c1.NC(=Nc1ccc(F)c(Cl)c1)c1cccc(-c2ccc(C3(CCC(=O)Nc4ccc(F)c(Cl)c4)CCN(C4CCCC4)CC3)cc2)c1. The van der Waals surface area contributed by atoms with Crippen molar-refractivity contribution in [3.63, 3.8) is 0 Å². The van der Waals surface area contributed by atoms with Crippen LogP contribution >= 0.6 is 69.6 Å². The van der Waals surface area contributed by atoms with E-state index in [1.165, 1.54) is 104 Å². The Hall–Kier alpha value is -11.1. The number of carbonyl (C=O) groups excluding carboxylic acids is 3. The van der Waals surface area contributed by atoms with E-state index >= 15 is 0 Å². The molecule has 5 N–H and O–H groups in total. The van der Waals surface area contributed by atoms with Crippen LogP contribution in [0.1, 0.15) is 148 Å². The number of aromatic nitrogens is 1. The Balaban J connectivity index is 0.000000154. The average Bonchev–Trinajstić information content (AvgIpc) is 1.08. The molecule has 0 atom stereocenters. The average molecular weight is 1940 g/mol. The highest BCUT2D eigenvalue weighted by atomic mass is 35.5. The number of nitriles is 2. The summed E-state index contributed by atoms with van der Waals surface area (Å²) in [5.41, 5.74) is 18.7. The fraction of sp³-hybridized carbons (Fsp3) is 0.290. The van der Waals surface area contributed by atoms with Crippen molar-refractivity contribution in [3.05, 3.63) is 348 Å². The van der Waals surface area contributed by atoms with Crippen molar-refractivity contribution in [1.29, 1.82) is 10.5 Å². The largest absolute Gasteiger partial charge is 0.383 e. The van der Waals surface area contributed by atoms with Crippen LogP contribution in [0.25, 0.3) is 33.4 Å². The van der Waals surface area contributed by atoms with Gasteiger partial charge in [-0.05, 0) is 267 Å². The van der Waals surface area contributed by atoms with Gasteiger partial charge in [-0.2, -0.15) is 10.5 Å². The van der Waals surface area contributed by atoms with Crippen molar-refractivity contribution in [1.82, 2.24) is 18.7 Å². The van der Waals surface area contributed by atoms with Gasteiger partial charge in [0.15, 0.2) is 0 Å². The molecular formula is C107H103Cl6F2N11O7S. The van der Waals surface area contributed by atoms with Gasteiger partial charge in [0.1, 0.15) is 30.7 Å². The molecular weight excluding hydrogens is 1830 g/mol. The van der Waals surface area contributed by atoms with Crippen molar-refractivity contribution >= 4 is 126 Å². The summed E-state index contributed by atoms with van der Waals surface area (Å²) in [6.07, 6.45) is 19.0. The normalized spacial score (nSPS) is 16.5. The molecule has 3 amide bonds. The van der Waals surface area contributed by atoms with Crippen molar-refractivity contribution < 1.29 is 41.1 Å². The molecule has 1 aromatic heterocycles. The molecule has 27 heteroatoms. The van der Waals surface area contributed by atoms with Gasteiger partial charge in [0, 0.05) is 106 Å². The molecule has 134 heavy (non-hydrogen) atoms. The maximum atomic E-state index is 13.6. The Morgan fingerprint density at radius 3 is 1.39 bits per heavy atom. The Bertz CT molecular complexity index is 6340. The van der Waals surface area contributed by atoms with Gasteiger partial charge in [0.25, 0.3) is 10.0 Å². The van der Waals surface area contributed by atoms with E-state index in [2.05, 4.69) is 96.3 Å². The third-order valence-corrected chi connectivity index (χ3v) is 29.5. The number of amides is 3. The number of nitrogens with one attached hydrogen (secondary N) is 3. The number of piperidine rings is 3. The number of ether oxygens (including phenoxy) is 2. The number of aliphatic imine (C=N–C) groups is 1. The van der Waals surface area contributed by atoms with E-state index in [9.17, 15) is 42.1 Å². The molecule has 0 radical (unpaired) electrons. The van der Waals surface area contributed by atoms with Gasteiger partial charge >= 0.3 is 0 Å². The van der Waals surface area contributed by atoms with E-state index < -0.39 is 32.9 Å². The van der Waals surface area contributed by atoms with Crippen molar-refractivity contribution in [2.45, 2.75) is 149 Å². The molecule has 12 aromatic rings. The minimum absolute atomic E-state index is 0.00621. The molecule has 3 aliphatic heterocycles. The first kappa shape index (κ1) is 97.5. The Morgan fingerprint density at radius 2 is 0.896 bits per heavy atom. The first-order chi connectivity index (χ1) is 64.8. The zero-order valence-corrected chi connectivity index (χ0v) is 79.3. The maximum absolute atomic E-state index is 13.6. The van der Waals surface area contributed by atoms with Gasteiger partial charge < -0.3 is 41.0 Å². The van der Waals surface area contributed by atoms with Crippen LogP contribution in [0.15, 0.2) is 277 Å². The van der Waals surface area contributed by atoms with E-state index in [1.54, 1.807) is 85.1 Å². The highest BCUT2D eigenvalue weighted by Gasteiger charge is 2.43. The number of carbonyl (C=O) groups is 3. The molecule has 5 aliphatic rings. The van der Waals surface area contributed by atoms with Crippen molar-refractivity contribution in [2.75, 3.05) is 68.4 Å². The summed E-state index contributed by atoms with van der Waals surface area (Å²) in [7, 11) is -3.74. The van der Waals surface area contributed by atoms with E-state index in [-0.39, 0.29) is 51.3 Å².